The van der Waals surface area contributed by atoms with Crippen LogP contribution in [-0.4, -0.2) is 47.5 Å². The molecule has 2 atom stereocenters. The molecular weight excluding hydrogens is 416 g/mol. The summed E-state index contributed by atoms with van der Waals surface area (Å²) < 4.78 is 29.4. The third kappa shape index (κ3) is 3.18. The predicted octanol–water partition coefficient (Wildman–Crippen LogP) is 2.50. The van der Waals surface area contributed by atoms with E-state index in [1.165, 1.54) is 15.1 Å². The summed E-state index contributed by atoms with van der Waals surface area (Å²) in [4.78, 5) is 13.4. The molecule has 1 spiro atoms. The van der Waals surface area contributed by atoms with Gasteiger partial charge in [0, 0.05) is 55.0 Å². The first kappa shape index (κ1) is 20.6. The molecule has 166 valence electrons. The zero-order valence-electron chi connectivity index (χ0n) is 18.1. The van der Waals surface area contributed by atoms with Crippen molar-refractivity contribution < 1.29 is 13.2 Å². The number of Topliss-reactive ketones (excluding diaryl/α,β-unsaturated/α-hetero) is 1. The van der Waals surface area contributed by atoms with Crippen molar-refractivity contribution in [2.45, 2.75) is 57.1 Å². The molecule has 4 heterocycles. The van der Waals surface area contributed by atoms with E-state index in [0.717, 1.165) is 23.3 Å². The lowest BCUT2D eigenvalue weighted by molar-refractivity contribution is -0.119. The summed E-state index contributed by atoms with van der Waals surface area (Å²) in [5.74, 6) is 0.158. The van der Waals surface area contributed by atoms with Gasteiger partial charge in [0.1, 0.15) is 0 Å². The quantitative estimate of drug-likeness (QED) is 0.754. The van der Waals surface area contributed by atoms with E-state index in [1.54, 1.807) is 19.4 Å². The van der Waals surface area contributed by atoms with E-state index in [4.69, 9.17) is 0 Å². The van der Waals surface area contributed by atoms with Gasteiger partial charge in [0.15, 0.2) is 17.0 Å². The zero-order valence-corrected chi connectivity index (χ0v) is 18.9. The largest absolute Gasteiger partial charge is 0.362 e. The van der Waals surface area contributed by atoms with Crippen LogP contribution in [-0.2, 0) is 21.9 Å². The first-order valence-corrected chi connectivity index (χ1v) is 12.2. The molecule has 9 nitrogen and oxygen atoms in total. The maximum atomic E-state index is 13.4. The second kappa shape index (κ2) is 6.83. The lowest BCUT2D eigenvalue weighted by Gasteiger charge is -2.47. The summed E-state index contributed by atoms with van der Waals surface area (Å²) in [7, 11) is -1.98. The molecule has 1 fully saturated rings. The van der Waals surface area contributed by atoms with E-state index >= 15 is 0 Å². The molecule has 0 aromatic carbocycles. The second-order valence-electron chi connectivity index (χ2n) is 9.82. The Morgan fingerprint density at radius 2 is 2.00 bits per heavy atom. The smallest absolute Gasteiger partial charge is 0.262 e. The van der Waals surface area contributed by atoms with E-state index < -0.39 is 15.4 Å². The van der Waals surface area contributed by atoms with Crippen LogP contribution >= 0.6 is 0 Å². The molecule has 31 heavy (non-hydrogen) atoms. The van der Waals surface area contributed by atoms with Gasteiger partial charge in [-0.2, -0.15) is 19.6 Å². The number of sulfonamides is 1. The first-order chi connectivity index (χ1) is 14.6. The number of hydrogen-bond donors (Lipinski definition) is 1. The van der Waals surface area contributed by atoms with Gasteiger partial charge in [-0.05, 0) is 37.2 Å². The number of nitrogens with one attached hydrogen (secondary N) is 1. The molecule has 4 aliphatic rings. The highest BCUT2D eigenvalue weighted by molar-refractivity contribution is 7.89. The number of allylic oxidation sites excluding steroid dienone is 2. The number of rotatable bonds is 2. The van der Waals surface area contributed by atoms with Crippen molar-refractivity contribution in [3.8, 4) is 0 Å². The molecule has 1 aromatic heterocycles. The number of nitrogens with zero attached hydrogens (tertiary/aromatic N) is 5. The Morgan fingerprint density at radius 3 is 2.74 bits per heavy atom. The monoisotopic (exact) mass is 444 g/mol. The van der Waals surface area contributed by atoms with Gasteiger partial charge in [0.2, 0.25) is 0 Å². The van der Waals surface area contributed by atoms with Crippen LogP contribution < -0.4 is 5.32 Å². The number of hydrogen-bond acceptors (Lipinski definition) is 7. The Kier molecular flexibility index (Phi) is 4.53. The highest BCUT2D eigenvalue weighted by atomic mass is 32.2. The Bertz CT molecular complexity index is 1150. The van der Waals surface area contributed by atoms with E-state index in [2.05, 4.69) is 34.5 Å². The van der Waals surface area contributed by atoms with E-state index in [0.29, 0.717) is 38.8 Å². The molecule has 1 unspecified atom stereocenters. The van der Waals surface area contributed by atoms with Crippen LogP contribution in [0.25, 0.3) is 0 Å². The Labute approximate surface area is 182 Å². The number of ketones is 1. The van der Waals surface area contributed by atoms with Crippen LogP contribution in [0.1, 0.15) is 46.0 Å². The predicted molar refractivity (Wildman–Crippen MR) is 113 cm³/mol. The molecule has 0 radical (unpaired) electrons. The van der Waals surface area contributed by atoms with Crippen molar-refractivity contribution in [1.29, 1.82) is 0 Å². The molecule has 1 aliphatic carbocycles. The van der Waals surface area contributed by atoms with Crippen molar-refractivity contribution >= 4 is 15.8 Å². The molecule has 5 rings (SSSR count). The van der Waals surface area contributed by atoms with E-state index in [9.17, 15) is 13.2 Å². The normalized spacial score (nSPS) is 30.6. The fourth-order valence-electron chi connectivity index (χ4n) is 5.65. The number of aromatic nitrogens is 2. The Morgan fingerprint density at radius 1 is 1.19 bits per heavy atom. The third-order valence-corrected chi connectivity index (χ3v) is 8.77. The molecule has 0 bridgehead atoms. The lowest BCUT2D eigenvalue weighted by atomic mass is 9.60. The van der Waals surface area contributed by atoms with Crippen molar-refractivity contribution in [3.05, 3.63) is 35.3 Å². The second-order valence-corrected chi connectivity index (χ2v) is 11.7. The number of carbonyl (C=O) groups excluding carboxylic acids is 1. The van der Waals surface area contributed by atoms with Crippen molar-refractivity contribution in [2.75, 3.05) is 13.1 Å². The molecule has 10 heteroatoms. The molecule has 1 aromatic rings. The van der Waals surface area contributed by atoms with Gasteiger partial charge < -0.3 is 5.32 Å². The number of aryl methyl sites for hydroxylation is 1. The highest BCUT2D eigenvalue weighted by Crippen LogP contribution is 2.55. The van der Waals surface area contributed by atoms with Crippen LogP contribution in [0.5, 0.6) is 0 Å². The summed E-state index contributed by atoms with van der Waals surface area (Å²) in [5, 5.41) is 16.1. The van der Waals surface area contributed by atoms with Crippen molar-refractivity contribution in [2.24, 2.45) is 28.1 Å². The van der Waals surface area contributed by atoms with E-state index in [1.807, 2.05) is 0 Å². The van der Waals surface area contributed by atoms with Crippen LogP contribution in [0, 0.1) is 10.8 Å². The minimum Gasteiger partial charge on any atom is -0.362 e. The fourth-order valence-corrected chi connectivity index (χ4v) is 7.08. The fraction of sp³-hybridized carbons (Fsp3) is 0.619. The number of fused-ring (bicyclic) bond motifs is 3. The summed E-state index contributed by atoms with van der Waals surface area (Å²) >= 11 is 0. The Balaban J connectivity index is 1.53. The maximum Gasteiger partial charge on any atom is 0.262 e. The minimum absolute atomic E-state index is 0.0645. The van der Waals surface area contributed by atoms with Crippen LogP contribution in [0.3, 0.4) is 0 Å². The first-order valence-electron chi connectivity index (χ1n) is 10.8. The summed E-state index contributed by atoms with van der Waals surface area (Å²) in [5.41, 5.74) is 2.16. The minimum atomic E-state index is -3.68. The topological polar surface area (TPSA) is 109 Å². The summed E-state index contributed by atoms with van der Waals surface area (Å²) in [6, 6.07) is 1.53. The highest BCUT2D eigenvalue weighted by Gasteiger charge is 2.53. The third-order valence-electron chi connectivity index (χ3n) is 6.98. The number of azo groups is 1. The van der Waals surface area contributed by atoms with Gasteiger partial charge in [0.25, 0.3) is 10.0 Å². The SMILES string of the molecule is Cn1ccc(S(=O)(=O)N2CCC[C@@]3(CC2)C2=CN=NC2NC2=C3C(=O)CC(C)(C)C2)n1. The molecule has 1 N–H and O–H groups in total. The zero-order chi connectivity index (χ0) is 22.0. The molecule has 3 aliphatic heterocycles. The average molecular weight is 445 g/mol. The van der Waals surface area contributed by atoms with Crippen LogP contribution in [0.2, 0.25) is 0 Å². The number of carbonyl (C=O) groups is 1. The van der Waals surface area contributed by atoms with Gasteiger partial charge >= 0.3 is 0 Å². The standard InChI is InChI=1S/C21H28N6O3S/c1-20(2)11-15-18(16(28)12-20)21(14-13-22-24-19(14)23-15)6-4-8-27(10-7-21)31(29,30)17-5-9-26(3)25-17/h5,9,13,19,23H,4,6-8,10-12H2,1-3H3/t19?,21-/m1/s1. The van der Waals surface area contributed by atoms with E-state index in [-0.39, 0.29) is 22.4 Å². The van der Waals surface area contributed by atoms with Gasteiger partial charge in [-0.15, -0.1) is 0 Å². The average Bonchev–Trinajstić information content (AvgIpc) is 3.26. The maximum absolute atomic E-state index is 13.4. The molecule has 0 saturated carbocycles. The Hall–Kier alpha value is -2.33. The molecular formula is C21H28N6O3S. The summed E-state index contributed by atoms with van der Waals surface area (Å²) in [6.07, 6.45) is 6.33. The van der Waals surface area contributed by atoms with Crippen molar-refractivity contribution in [1.82, 2.24) is 19.4 Å². The van der Waals surface area contributed by atoms with Gasteiger partial charge in [0.05, 0.1) is 6.20 Å². The van der Waals surface area contributed by atoms with Gasteiger partial charge in [-0.25, -0.2) is 8.42 Å². The van der Waals surface area contributed by atoms with Crippen LogP contribution in [0.4, 0.5) is 0 Å². The molecule has 0 amide bonds. The van der Waals surface area contributed by atoms with Crippen molar-refractivity contribution in [3.63, 3.8) is 0 Å². The van der Waals surface area contributed by atoms with Crippen LogP contribution in [0.15, 0.2) is 50.6 Å². The van der Waals surface area contributed by atoms with Gasteiger partial charge in [-0.3, -0.25) is 9.48 Å². The van der Waals surface area contributed by atoms with Gasteiger partial charge in [-0.1, -0.05) is 13.8 Å². The lowest BCUT2D eigenvalue weighted by Crippen LogP contribution is -2.49. The summed E-state index contributed by atoms with van der Waals surface area (Å²) in [6.45, 7) is 4.96. The molecule has 1 saturated heterocycles.